The van der Waals surface area contributed by atoms with E-state index in [9.17, 15) is 0 Å². The lowest BCUT2D eigenvalue weighted by Crippen LogP contribution is -2.35. The molecule has 3 nitrogen and oxygen atoms in total. The Kier molecular flexibility index (Phi) is 4.21. The average Bonchev–Trinajstić information content (AvgIpc) is 2.38. The number of hydrogen-bond donors (Lipinski definition) is 0. The summed E-state index contributed by atoms with van der Waals surface area (Å²) in [5, 5.41) is 0.330. The summed E-state index contributed by atoms with van der Waals surface area (Å²) in [5.74, 6) is 1.86. The highest BCUT2D eigenvalue weighted by Gasteiger charge is 2.23. The van der Waals surface area contributed by atoms with Gasteiger partial charge in [0, 0.05) is 19.3 Å². The van der Waals surface area contributed by atoms with Crippen molar-refractivity contribution in [2.24, 2.45) is 5.92 Å². The second-order valence-electron chi connectivity index (χ2n) is 4.88. The van der Waals surface area contributed by atoms with E-state index in [1.54, 1.807) is 6.20 Å². The Morgan fingerprint density at radius 3 is 2.65 bits per heavy atom. The van der Waals surface area contributed by atoms with Gasteiger partial charge in [-0.15, -0.1) is 0 Å². The summed E-state index contributed by atoms with van der Waals surface area (Å²) in [6.07, 6.45) is 8.23. The fraction of sp³-hybridized carbons (Fsp3) is 0.692. The molecule has 17 heavy (non-hydrogen) atoms. The van der Waals surface area contributed by atoms with Crippen LogP contribution in [0.25, 0.3) is 0 Å². The van der Waals surface area contributed by atoms with Crippen LogP contribution in [0.1, 0.15) is 39.0 Å². The molecule has 0 saturated heterocycles. The predicted octanol–water partition coefficient (Wildman–Crippen LogP) is 3.54. The smallest absolute Gasteiger partial charge is 0.224 e. The molecule has 1 aliphatic carbocycles. The van der Waals surface area contributed by atoms with Gasteiger partial charge in [-0.25, -0.2) is 9.97 Å². The number of halogens is 1. The highest BCUT2D eigenvalue weighted by molar-refractivity contribution is 6.28. The molecule has 1 aromatic rings. The molecule has 1 aromatic heterocycles. The molecule has 0 amide bonds. The molecular formula is C13H20ClN3. The fourth-order valence-corrected chi connectivity index (χ4v) is 2.79. The Morgan fingerprint density at radius 2 is 2.06 bits per heavy atom. The van der Waals surface area contributed by atoms with Crippen LogP contribution >= 0.6 is 11.6 Å². The molecule has 1 fully saturated rings. The van der Waals surface area contributed by atoms with Crippen molar-refractivity contribution in [1.29, 1.82) is 0 Å². The molecular weight excluding hydrogens is 234 g/mol. The zero-order valence-electron chi connectivity index (χ0n) is 10.6. The molecule has 0 bridgehead atoms. The third-order valence-corrected chi connectivity index (χ3v) is 4.10. The predicted molar refractivity (Wildman–Crippen MR) is 71.5 cm³/mol. The standard InChI is InChI=1S/C13H20ClN3/c1-3-10-4-6-11(7-5-10)17(2)12-8-9-15-13(14)16-12/h8-11H,3-7H2,1-2H3. The molecule has 1 aliphatic rings. The quantitative estimate of drug-likeness (QED) is 0.772. The Morgan fingerprint density at radius 1 is 1.35 bits per heavy atom. The van der Waals surface area contributed by atoms with Gasteiger partial charge in [0.25, 0.3) is 0 Å². The van der Waals surface area contributed by atoms with Gasteiger partial charge in [-0.2, -0.15) is 0 Å². The van der Waals surface area contributed by atoms with Crippen LogP contribution in [0.2, 0.25) is 5.28 Å². The van der Waals surface area contributed by atoms with E-state index in [0.717, 1.165) is 11.7 Å². The number of nitrogens with zero attached hydrogens (tertiary/aromatic N) is 3. The van der Waals surface area contributed by atoms with Gasteiger partial charge in [-0.05, 0) is 49.3 Å². The van der Waals surface area contributed by atoms with Gasteiger partial charge in [-0.1, -0.05) is 13.3 Å². The lowest BCUT2D eigenvalue weighted by molar-refractivity contribution is 0.313. The zero-order chi connectivity index (χ0) is 12.3. The van der Waals surface area contributed by atoms with Gasteiger partial charge in [0.15, 0.2) is 0 Å². The lowest BCUT2D eigenvalue weighted by atomic mass is 9.84. The molecule has 0 atom stereocenters. The van der Waals surface area contributed by atoms with Crippen LogP contribution in [0.15, 0.2) is 12.3 Å². The van der Waals surface area contributed by atoms with Crippen molar-refractivity contribution in [3.63, 3.8) is 0 Å². The fourth-order valence-electron chi connectivity index (χ4n) is 2.65. The monoisotopic (exact) mass is 253 g/mol. The summed E-state index contributed by atoms with van der Waals surface area (Å²) >= 11 is 5.82. The second-order valence-corrected chi connectivity index (χ2v) is 5.22. The van der Waals surface area contributed by atoms with E-state index in [2.05, 4.69) is 28.8 Å². The number of anilines is 1. The Bertz CT molecular complexity index is 361. The summed E-state index contributed by atoms with van der Waals surface area (Å²) in [6.45, 7) is 2.29. The van der Waals surface area contributed by atoms with Gasteiger partial charge < -0.3 is 4.90 Å². The van der Waals surface area contributed by atoms with Crippen molar-refractivity contribution in [3.05, 3.63) is 17.5 Å². The van der Waals surface area contributed by atoms with Crippen molar-refractivity contribution < 1.29 is 0 Å². The third kappa shape index (κ3) is 3.09. The molecule has 0 aromatic carbocycles. The molecule has 0 aliphatic heterocycles. The first kappa shape index (κ1) is 12.6. The number of aromatic nitrogens is 2. The van der Waals surface area contributed by atoms with Crippen molar-refractivity contribution in [1.82, 2.24) is 9.97 Å². The second kappa shape index (κ2) is 5.67. The van der Waals surface area contributed by atoms with Crippen LogP contribution in [0, 0.1) is 5.92 Å². The van der Waals surface area contributed by atoms with E-state index in [1.807, 2.05) is 6.07 Å². The molecule has 4 heteroatoms. The summed E-state index contributed by atoms with van der Waals surface area (Å²) in [4.78, 5) is 10.4. The van der Waals surface area contributed by atoms with Gasteiger partial charge >= 0.3 is 0 Å². The maximum atomic E-state index is 5.82. The van der Waals surface area contributed by atoms with Gasteiger partial charge in [0.1, 0.15) is 5.82 Å². The van der Waals surface area contributed by atoms with Crippen LogP contribution in [-0.2, 0) is 0 Å². The molecule has 0 unspecified atom stereocenters. The largest absolute Gasteiger partial charge is 0.357 e. The maximum absolute atomic E-state index is 5.82. The topological polar surface area (TPSA) is 29.0 Å². The minimum Gasteiger partial charge on any atom is -0.357 e. The van der Waals surface area contributed by atoms with Gasteiger partial charge in [-0.3, -0.25) is 0 Å². The highest BCUT2D eigenvalue weighted by atomic mass is 35.5. The zero-order valence-corrected chi connectivity index (χ0v) is 11.3. The maximum Gasteiger partial charge on any atom is 0.224 e. The molecule has 1 saturated carbocycles. The van der Waals surface area contributed by atoms with Crippen LogP contribution in [0.4, 0.5) is 5.82 Å². The van der Waals surface area contributed by atoms with Crippen molar-refractivity contribution in [2.45, 2.75) is 45.1 Å². The first-order valence-corrected chi connectivity index (χ1v) is 6.80. The van der Waals surface area contributed by atoms with Gasteiger partial charge in [0.05, 0.1) is 0 Å². The van der Waals surface area contributed by atoms with Crippen molar-refractivity contribution in [3.8, 4) is 0 Å². The molecule has 0 radical (unpaired) electrons. The summed E-state index contributed by atoms with van der Waals surface area (Å²) in [7, 11) is 2.11. The number of hydrogen-bond acceptors (Lipinski definition) is 3. The van der Waals surface area contributed by atoms with E-state index in [0.29, 0.717) is 11.3 Å². The van der Waals surface area contributed by atoms with E-state index in [1.165, 1.54) is 32.1 Å². The Labute approximate surface area is 108 Å². The first-order valence-electron chi connectivity index (χ1n) is 6.42. The summed E-state index contributed by atoms with van der Waals surface area (Å²) in [6, 6.07) is 2.53. The molecule has 2 rings (SSSR count). The molecule has 0 N–H and O–H groups in total. The van der Waals surface area contributed by atoms with Crippen molar-refractivity contribution in [2.75, 3.05) is 11.9 Å². The summed E-state index contributed by atoms with van der Waals surface area (Å²) < 4.78 is 0. The van der Waals surface area contributed by atoms with Crippen LogP contribution in [0.3, 0.4) is 0 Å². The minimum absolute atomic E-state index is 0.330. The van der Waals surface area contributed by atoms with E-state index in [-0.39, 0.29) is 0 Å². The van der Waals surface area contributed by atoms with E-state index < -0.39 is 0 Å². The average molecular weight is 254 g/mol. The summed E-state index contributed by atoms with van der Waals surface area (Å²) in [5.41, 5.74) is 0. The Hall–Kier alpha value is -0.830. The minimum atomic E-state index is 0.330. The van der Waals surface area contributed by atoms with Gasteiger partial charge in [0.2, 0.25) is 5.28 Å². The van der Waals surface area contributed by atoms with Crippen molar-refractivity contribution >= 4 is 17.4 Å². The van der Waals surface area contributed by atoms with Crippen LogP contribution < -0.4 is 4.90 Å². The van der Waals surface area contributed by atoms with Crippen LogP contribution in [-0.4, -0.2) is 23.1 Å². The third-order valence-electron chi connectivity index (χ3n) is 3.91. The molecule has 94 valence electrons. The first-order chi connectivity index (χ1) is 8.20. The normalized spacial score (nSPS) is 24.6. The van der Waals surface area contributed by atoms with E-state index in [4.69, 9.17) is 11.6 Å². The molecule has 1 heterocycles. The lowest BCUT2D eigenvalue weighted by Gasteiger charge is -2.35. The SMILES string of the molecule is CCC1CCC(N(C)c2ccnc(Cl)n2)CC1. The van der Waals surface area contributed by atoms with Crippen LogP contribution in [0.5, 0.6) is 0 Å². The highest BCUT2D eigenvalue weighted by Crippen LogP contribution is 2.30. The molecule has 0 spiro atoms. The Balaban J connectivity index is 1.99. The number of rotatable bonds is 3. The van der Waals surface area contributed by atoms with E-state index >= 15 is 0 Å².